The van der Waals surface area contributed by atoms with E-state index in [4.69, 9.17) is 9.84 Å². The molecule has 0 bridgehead atoms. The van der Waals surface area contributed by atoms with E-state index in [0.29, 0.717) is 5.56 Å². The number of rotatable bonds is 5. The number of amides is 2. The number of benzene rings is 1. The van der Waals surface area contributed by atoms with Crippen LogP contribution in [0, 0.1) is 0 Å². The summed E-state index contributed by atoms with van der Waals surface area (Å²) < 4.78 is 4.72. The Labute approximate surface area is 135 Å². The maximum absolute atomic E-state index is 12.1. The number of carbonyl (C=O) groups excluding carboxylic acids is 3. The van der Waals surface area contributed by atoms with Crippen molar-refractivity contribution in [1.29, 1.82) is 0 Å². The second-order valence-electron chi connectivity index (χ2n) is 4.50. The number of carboxylic acids is 1. The first kappa shape index (κ1) is 16.8. The summed E-state index contributed by atoms with van der Waals surface area (Å²) in [5.41, 5.74) is 0.703. The van der Waals surface area contributed by atoms with Gasteiger partial charge in [0.25, 0.3) is 11.1 Å². The Bertz CT molecular complexity index is 694. The Morgan fingerprint density at radius 3 is 2.48 bits per heavy atom. The zero-order valence-electron chi connectivity index (χ0n) is 12.1. The van der Waals surface area contributed by atoms with Crippen LogP contribution >= 0.6 is 11.8 Å². The number of carbonyl (C=O) groups is 4. The lowest BCUT2D eigenvalue weighted by Crippen LogP contribution is -2.34. The van der Waals surface area contributed by atoms with Crippen LogP contribution in [0.1, 0.15) is 22.8 Å². The molecule has 1 saturated heterocycles. The number of thioether (sulfide) groups is 1. The van der Waals surface area contributed by atoms with Crippen LogP contribution in [0.25, 0.3) is 6.08 Å². The molecule has 1 heterocycles. The minimum atomic E-state index is -1.05. The third-order valence-corrected chi connectivity index (χ3v) is 3.83. The van der Waals surface area contributed by atoms with E-state index in [1.807, 2.05) is 0 Å². The molecule has 1 fully saturated rings. The van der Waals surface area contributed by atoms with Crippen molar-refractivity contribution >= 4 is 40.9 Å². The van der Waals surface area contributed by atoms with Gasteiger partial charge in [-0.05, 0) is 42.5 Å². The van der Waals surface area contributed by atoms with Gasteiger partial charge in [0.15, 0.2) is 0 Å². The predicted octanol–water partition coefficient (Wildman–Crippen LogP) is 1.98. The highest BCUT2D eigenvalue weighted by Crippen LogP contribution is 2.32. The van der Waals surface area contributed by atoms with Gasteiger partial charge in [0.1, 0.15) is 6.54 Å². The molecule has 1 aromatic rings. The van der Waals surface area contributed by atoms with Crippen molar-refractivity contribution in [2.24, 2.45) is 0 Å². The summed E-state index contributed by atoms with van der Waals surface area (Å²) in [6.45, 7) is 1.38. The molecule has 1 N–H and O–H groups in total. The Balaban J connectivity index is 2.14. The van der Waals surface area contributed by atoms with Gasteiger partial charge in [-0.25, -0.2) is 4.79 Å². The highest BCUT2D eigenvalue weighted by atomic mass is 32.2. The van der Waals surface area contributed by atoms with Crippen LogP contribution < -0.4 is 0 Å². The molecule has 1 aromatic carbocycles. The number of carboxylic acid groups (broad SMARTS) is 1. The van der Waals surface area contributed by atoms with Crippen LogP contribution in [0.4, 0.5) is 4.79 Å². The largest absolute Gasteiger partial charge is 0.478 e. The molecule has 0 unspecified atom stereocenters. The fourth-order valence-corrected chi connectivity index (χ4v) is 2.68. The first-order valence-corrected chi connectivity index (χ1v) is 7.48. The third-order valence-electron chi connectivity index (χ3n) is 2.92. The van der Waals surface area contributed by atoms with E-state index in [2.05, 4.69) is 0 Å². The molecule has 0 radical (unpaired) electrons. The van der Waals surface area contributed by atoms with Crippen LogP contribution in [0.5, 0.6) is 0 Å². The summed E-state index contributed by atoms with van der Waals surface area (Å²) in [4.78, 5) is 47.1. The lowest BCUT2D eigenvalue weighted by Gasteiger charge is -2.10. The van der Waals surface area contributed by atoms with Crippen molar-refractivity contribution in [2.45, 2.75) is 6.92 Å². The third kappa shape index (κ3) is 3.98. The highest BCUT2D eigenvalue weighted by Gasteiger charge is 2.36. The van der Waals surface area contributed by atoms with E-state index in [9.17, 15) is 19.2 Å². The van der Waals surface area contributed by atoms with Crippen molar-refractivity contribution in [3.05, 3.63) is 40.3 Å². The number of esters is 1. The smallest absolute Gasteiger partial charge is 0.335 e. The standard InChI is InChI=1S/C15H13NO6S/c1-2-22-12(17)8-16-13(18)11(23-15(16)21)7-9-3-5-10(6-4-9)14(19)20/h3-7H,2,8H2,1H3,(H,19,20). The van der Waals surface area contributed by atoms with Crippen LogP contribution in [0.2, 0.25) is 0 Å². The average Bonchev–Trinajstić information content (AvgIpc) is 2.76. The molecule has 1 aliphatic rings. The van der Waals surface area contributed by atoms with E-state index < -0.39 is 29.6 Å². The van der Waals surface area contributed by atoms with E-state index in [-0.39, 0.29) is 17.1 Å². The topological polar surface area (TPSA) is 101 Å². The van der Waals surface area contributed by atoms with Gasteiger partial charge in [-0.2, -0.15) is 0 Å². The van der Waals surface area contributed by atoms with E-state index in [1.54, 1.807) is 6.92 Å². The Morgan fingerprint density at radius 1 is 1.26 bits per heavy atom. The van der Waals surface area contributed by atoms with Gasteiger partial charge in [-0.3, -0.25) is 19.3 Å². The Hall–Kier alpha value is -2.61. The van der Waals surface area contributed by atoms with E-state index in [1.165, 1.54) is 30.3 Å². The maximum atomic E-state index is 12.1. The summed E-state index contributed by atoms with van der Waals surface area (Å²) in [6.07, 6.45) is 1.47. The fraction of sp³-hybridized carbons (Fsp3) is 0.200. The molecule has 23 heavy (non-hydrogen) atoms. The second kappa shape index (κ2) is 7.10. The van der Waals surface area contributed by atoms with Gasteiger partial charge in [-0.1, -0.05) is 12.1 Å². The summed E-state index contributed by atoms with van der Waals surface area (Å²) in [7, 11) is 0. The number of imide groups is 1. The fourth-order valence-electron chi connectivity index (χ4n) is 1.85. The van der Waals surface area contributed by atoms with Crippen molar-refractivity contribution in [3.8, 4) is 0 Å². The van der Waals surface area contributed by atoms with Gasteiger partial charge in [-0.15, -0.1) is 0 Å². The van der Waals surface area contributed by atoms with Gasteiger partial charge in [0.2, 0.25) is 0 Å². The first-order valence-electron chi connectivity index (χ1n) is 6.66. The quantitative estimate of drug-likeness (QED) is 0.648. The zero-order chi connectivity index (χ0) is 17.0. The molecule has 7 nitrogen and oxygen atoms in total. The van der Waals surface area contributed by atoms with Gasteiger partial charge in [0, 0.05) is 0 Å². The van der Waals surface area contributed by atoms with Gasteiger partial charge >= 0.3 is 11.9 Å². The molecule has 0 aliphatic carbocycles. The summed E-state index contributed by atoms with van der Waals surface area (Å²) >= 11 is 0.722. The number of aromatic carboxylic acids is 1. The maximum Gasteiger partial charge on any atom is 0.335 e. The molecule has 0 saturated carbocycles. The van der Waals surface area contributed by atoms with Crippen molar-refractivity contribution in [2.75, 3.05) is 13.2 Å². The van der Waals surface area contributed by atoms with Gasteiger partial charge in [0.05, 0.1) is 17.1 Å². The number of hydrogen-bond donors (Lipinski definition) is 1. The van der Waals surface area contributed by atoms with Gasteiger partial charge < -0.3 is 9.84 Å². The SMILES string of the molecule is CCOC(=O)CN1C(=O)SC(=Cc2ccc(C(=O)O)cc2)C1=O. The molecule has 2 amide bonds. The predicted molar refractivity (Wildman–Crippen MR) is 82.7 cm³/mol. The number of ether oxygens (including phenoxy) is 1. The minimum absolute atomic E-state index is 0.123. The highest BCUT2D eigenvalue weighted by molar-refractivity contribution is 8.18. The molecule has 0 atom stereocenters. The van der Waals surface area contributed by atoms with Crippen molar-refractivity contribution in [3.63, 3.8) is 0 Å². The molecule has 8 heteroatoms. The molecule has 1 aliphatic heterocycles. The number of nitrogens with zero attached hydrogens (tertiary/aromatic N) is 1. The average molecular weight is 335 g/mol. The lowest BCUT2D eigenvalue weighted by atomic mass is 10.1. The zero-order valence-corrected chi connectivity index (χ0v) is 13.0. The second-order valence-corrected chi connectivity index (χ2v) is 5.49. The molecular formula is C15H13NO6S. The lowest BCUT2D eigenvalue weighted by molar-refractivity contribution is -0.145. The van der Waals surface area contributed by atoms with Crippen molar-refractivity contribution < 1.29 is 29.0 Å². The normalized spacial score (nSPS) is 16.0. The molecule has 0 aromatic heterocycles. The summed E-state index contributed by atoms with van der Waals surface area (Å²) in [6, 6.07) is 5.86. The van der Waals surface area contributed by atoms with Crippen LogP contribution in [-0.4, -0.2) is 46.2 Å². The Morgan fingerprint density at radius 2 is 1.91 bits per heavy atom. The molecule has 120 valence electrons. The monoisotopic (exact) mass is 335 g/mol. The van der Waals surface area contributed by atoms with E-state index in [0.717, 1.165) is 16.7 Å². The molecular weight excluding hydrogens is 322 g/mol. The summed E-state index contributed by atoms with van der Waals surface area (Å²) in [5, 5.41) is 8.29. The van der Waals surface area contributed by atoms with Crippen LogP contribution in [0.3, 0.4) is 0 Å². The van der Waals surface area contributed by atoms with E-state index >= 15 is 0 Å². The minimum Gasteiger partial charge on any atom is -0.478 e. The Kier molecular flexibility index (Phi) is 5.17. The van der Waals surface area contributed by atoms with Crippen molar-refractivity contribution in [1.82, 2.24) is 4.90 Å². The number of hydrogen-bond acceptors (Lipinski definition) is 6. The molecule has 2 rings (SSSR count). The summed E-state index contributed by atoms with van der Waals surface area (Å²) in [5.74, 6) is -2.27. The first-order chi connectivity index (χ1) is 10.9. The molecule has 0 spiro atoms. The van der Waals surface area contributed by atoms with Crippen LogP contribution in [0.15, 0.2) is 29.2 Å². The van der Waals surface area contributed by atoms with Crippen LogP contribution in [-0.2, 0) is 14.3 Å².